The first-order valence-corrected chi connectivity index (χ1v) is 5.41. The summed E-state index contributed by atoms with van der Waals surface area (Å²) in [6.45, 7) is 5.05. The van der Waals surface area contributed by atoms with Crippen LogP contribution in [0.25, 0.3) is 0 Å². The van der Waals surface area contributed by atoms with Gasteiger partial charge in [-0.1, -0.05) is 5.92 Å². The fourth-order valence-corrected chi connectivity index (χ4v) is 1.30. The van der Waals surface area contributed by atoms with E-state index in [9.17, 15) is 4.79 Å². The molecule has 0 amide bonds. The predicted molar refractivity (Wildman–Crippen MR) is 61.4 cm³/mol. The molecule has 0 heterocycles. The van der Waals surface area contributed by atoms with Crippen LogP contribution in [0.5, 0.6) is 0 Å². The molecule has 0 aromatic carbocycles. The van der Waals surface area contributed by atoms with Gasteiger partial charge in [0.2, 0.25) is 0 Å². The molecule has 1 unspecified atom stereocenters. The molecule has 0 radical (unpaired) electrons. The van der Waals surface area contributed by atoms with Crippen molar-refractivity contribution in [2.75, 3.05) is 20.2 Å². The first-order chi connectivity index (χ1) is 7.11. The first kappa shape index (κ1) is 14.0. The molecule has 0 spiro atoms. The van der Waals surface area contributed by atoms with Gasteiger partial charge < -0.3 is 4.74 Å². The normalized spacial score (nSPS) is 12.2. The number of carbonyl (C=O) groups excluding carboxylic acids is 1. The number of hydrogen-bond donors (Lipinski definition) is 0. The molecular formula is C12H21NO2. The Balaban J connectivity index is 3.59. The molecule has 0 rings (SSSR count). The molecule has 0 saturated carbocycles. The van der Waals surface area contributed by atoms with E-state index in [2.05, 4.69) is 17.7 Å². The van der Waals surface area contributed by atoms with Crippen molar-refractivity contribution in [2.24, 2.45) is 0 Å². The van der Waals surface area contributed by atoms with Gasteiger partial charge in [-0.3, -0.25) is 9.69 Å². The van der Waals surface area contributed by atoms with Crippen LogP contribution < -0.4 is 0 Å². The van der Waals surface area contributed by atoms with Gasteiger partial charge in [-0.25, -0.2) is 0 Å². The molecule has 1 atom stereocenters. The molecule has 0 N–H and O–H groups in total. The van der Waals surface area contributed by atoms with Gasteiger partial charge in [0.05, 0.1) is 13.2 Å². The highest BCUT2D eigenvalue weighted by atomic mass is 16.5. The lowest BCUT2D eigenvalue weighted by molar-refractivity contribution is -0.143. The zero-order chi connectivity index (χ0) is 11.7. The third-order valence-corrected chi connectivity index (χ3v) is 2.40. The summed E-state index contributed by atoms with van der Waals surface area (Å²) in [5.74, 6) is 2.50. The quantitative estimate of drug-likeness (QED) is 0.474. The molecule has 0 aliphatic heterocycles. The van der Waals surface area contributed by atoms with E-state index < -0.39 is 0 Å². The van der Waals surface area contributed by atoms with E-state index in [0.717, 1.165) is 12.8 Å². The van der Waals surface area contributed by atoms with Crippen molar-refractivity contribution in [1.82, 2.24) is 4.90 Å². The molecule has 0 fully saturated rings. The average molecular weight is 211 g/mol. The largest absolute Gasteiger partial charge is 0.466 e. The van der Waals surface area contributed by atoms with Gasteiger partial charge in [0.25, 0.3) is 0 Å². The van der Waals surface area contributed by atoms with Crippen molar-refractivity contribution in [2.45, 2.75) is 39.2 Å². The van der Waals surface area contributed by atoms with Crippen molar-refractivity contribution in [3.8, 4) is 12.3 Å². The molecule has 3 nitrogen and oxygen atoms in total. The SMILES string of the molecule is C#CCN(C)C(C)CCCC(=O)OCC. The molecule has 0 aromatic heterocycles. The molecule has 86 valence electrons. The lowest BCUT2D eigenvalue weighted by Gasteiger charge is -2.21. The Morgan fingerprint density at radius 2 is 2.27 bits per heavy atom. The fraction of sp³-hybridized carbons (Fsp3) is 0.750. The Morgan fingerprint density at radius 1 is 1.60 bits per heavy atom. The van der Waals surface area contributed by atoms with Crippen LogP contribution in [0.1, 0.15) is 33.1 Å². The Hall–Kier alpha value is -1.01. The van der Waals surface area contributed by atoms with Gasteiger partial charge in [0.1, 0.15) is 0 Å². The standard InChI is InChI=1S/C12H21NO2/c1-5-10-13(4)11(3)8-7-9-12(14)15-6-2/h1,11H,6-10H2,2-4H3. The van der Waals surface area contributed by atoms with E-state index in [1.807, 2.05) is 14.0 Å². The number of nitrogens with zero attached hydrogens (tertiary/aromatic N) is 1. The van der Waals surface area contributed by atoms with Gasteiger partial charge in [-0.05, 0) is 33.7 Å². The number of carbonyl (C=O) groups is 1. The minimum Gasteiger partial charge on any atom is -0.466 e. The third kappa shape index (κ3) is 6.98. The molecule has 15 heavy (non-hydrogen) atoms. The third-order valence-electron chi connectivity index (χ3n) is 2.40. The Labute approximate surface area is 92.8 Å². The summed E-state index contributed by atoms with van der Waals surface area (Å²) < 4.78 is 4.85. The molecule has 0 bridgehead atoms. The number of ether oxygens (including phenoxy) is 1. The maximum atomic E-state index is 11.1. The van der Waals surface area contributed by atoms with Crippen molar-refractivity contribution in [3.63, 3.8) is 0 Å². The average Bonchev–Trinajstić information content (AvgIpc) is 2.18. The molecular weight excluding hydrogens is 190 g/mol. The maximum Gasteiger partial charge on any atom is 0.305 e. The minimum absolute atomic E-state index is 0.107. The molecule has 0 aromatic rings. The highest BCUT2D eigenvalue weighted by Gasteiger charge is 2.09. The topological polar surface area (TPSA) is 29.5 Å². The Bertz CT molecular complexity index is 220. The monoisotopic (exact) mass is 211 g/mol. The van der Waals surface area contributed by atoms with Crippen molar-refractivity contribution < 1.29 is 9.53 Å². The summed E-state index contributed by atoms with van der Waals surface area (Å²) in [5, 5.41) is 0. The van der Waals surface area contributed by atoms with E-state index in [1.165, 1.54) is 0 Å². The molecule has 0 aliphatic rings. The Morgan fingerprint density at radius 3 is 2.80 bits per heavy atom. The highest BCUT2D eigenvalue weighted by Crippen LogP contribution is 2.06. The van der Waals surface area contributed by atoms with Gasteiger partial charge in [-0.15, -0.1) is 6.42 Å². The second-order valence-electron chi connectivity index (χ2n) is 3.67. The minimum atomic E-state index is -0.107. The summed E-state index contributed by atoms with van der Waals surface area (Å²) in [7, 11) is 1.99. The molecule has 0 aliphatic carbocycles. The van der Waals surface area contributed by atoms with Gasteiger partial charge in [-0.2, -0.15) is 0 Å². The fourth-order valence-electron chi connectivity index (χ4n) is 1.30. The van der Waals surface area contributed by atoms with Gasteiger partial charge in [0.15, 0.2) is 0 Å². The summed E-state index contributed by atoms with van der Waals surface area (Å²) in [6, 6.07) is 0.412. The van der Waals surface area contributed by atoms with Crippen LogP contribution in [0.4, 0.5) is 0 Å². The van der Waals surface area contributed by atoms with Gasteiger partial charge >= 0.3 is 5.97 Å². The zero-order valence-corrected chi connectivity index (χ0v) is 9.95. The van der Waals surface area contributed by atoms with Crippen LogP contribution in [-0.2, 0) is 9.53 Å². The van der Waals surface area contributed by atoms with Crippen molar-refractivity contribution >= 4 is 5.97 Å². The first-order valence-electron chi connectivity index (χ1n) is 5.41. The van der Waals surface area contributed by atoms with Crippen LogP contribution >= 0.6 is 0 Å². The van der Waals surface area contributed by atoms with Gasteiger partial charge in [0, 0.05) is 12.5 Å². The molecule has 3 heteroatoms. The van der Waals surface area contributed by atoms with Crippen LogP contribution in [0.3, 0.4) is 0 Å². The second-order valence-corrected chi connectivity index (χ2v) is 3.67. The van der Waals surface area contributed by atoms with Crippen molar-refractivity contribution in [3.05, 3.63) is 0 Å². The smallest absolute Gasteiger partial charge is 0.305 e. The lowest BCUT2D eigenvalue weighted by atomic mass is 10.1. The second kappa shape index (κ2) is 8.31. The maximum absolute atomic E-state index is 11.1. The van der Waals surface area contributed by atoms with Crippen LogP contribution in [0.15, 0.2) is 0 Å². The van der Waals surface area contributed by atoms with E-state index in [4.69, 9.17) is 11.2 Å². The summed E-state index contributed by atoms with van der Waals surface area (Å²) in [5.41, 5.74) is 0. The van der Waals surface area contributed by atoms with E-state index in [-0.39, 0.29) is 5.97 Å². The van der Waals surface area contributed by atoms with Crippen molar-refractivity contribution in [1.29, 1.82) is 0 Å². The lowest BCUT2D eigenvalue weighted by Crippen LogP contribution is -2.29. The van der Waals surface area contributed by atoms with Crippen LogP contribution in [0.2, 0.25) is 0 Å². The molecule has 0 saturated heterocycles. The Kier molecular flexibility index (Phi) is 7.75. The summed E-state index contributed by atoms with van der Waals surface area (Å²) >= 11 is 0. The van der Waals surface area contributed by atoms with Crippen LogP contribution in [-0.4, -0.2) is 37.1 Å². The van der Waals surface area contributed by atoms with Crippen LogP contribution in [0, 0.1) is 12.3 Å². The number of esters is 1. The predicted octanol–water partition coefficient (Wildman–Crippen LogP) is 1.67. The highest BCUT2D eigenvalue weighted by molar-refractivity contribution is 5.69. The number of hydrogen-bond acceptors (Lipinski definition) is 3. The number of terminal acetylenes is 1. The number of rotatable bonds is 7. The van der Waals surface area contributed by atoms with E-state index >= 15 is 0 Å². The van der Waals surface area contributed by atoms with E-state index in [0.29, 0.717) is 25.6 Å². The summed E-state index contributed by atoms with van der Waals surface area (Å²) in [4.78, 5) is 13.2. The van der Waals surface area contributed by atoms with E-state index in [1.54, 1.807) is 0 Å². The summed E-state index contributed by atoms with van der Waals surface area (Å²) in [6.07, 6.45) is 7.55. The zero-order valence-electron chi connectivity index (χ0n) is 9.95.